The molecule has 0 saturated carbocycles. The van der Waals surface area contributed by atoms with Crippen LogP contribution in [0, 0.1) is 114 Å². The molecule has 5 rings (SSSR count). The van der Waals surface area contributed by atoms with Crippen LogP contribution in [-0.2, 0) is 95.1 Å². The van der Waals surface area contributed by atoms with E-state index in [0.29, 0.717) is 116 Å². The van der Waals surface area contributed by atoms with Crippen molar-refractivity contribution in [3.05, 3.63) is 30.3 Å². The van der Waals surface area contributed by atoms with Crippen molar-refractivity contribution in [2.75, 3.05) is 66.1 Å². The topological polar surface area (TPSA) is 261 Å². The molecule has 22 heteroatoms. The van der Waals surface area contributed by atoms with Gasteiger partial charge in [-0.3, -0.25) is 33.6 Å². The summed E-state index contributed by atoms with van der Waals surface area (Å²) in [6, 6.07) is 10.1. The maximum Gasteiger partial charge on any atom is 0.303 e. The Morgan fingerprint density at radius 3 is 0.986 bits per heavy atom. The third kappa shape index (κ3) is 63.7. The summed E-state index contributed by atoms with van der Waals surface area (Å²) in [5.41, 5.74) is -0.571. The van der Waals surface area contributed by atoms with E-state index < -0.39 is 11.5 Å². The van der Waals surface area contributed by atoms with Gasteiger partial charge in [0, 0.05) is 90.5 Å². The standard InChI is InChI=1S/C23H44O4.C22H43NO4.C21H38O4.C21H40O3.C14H22O.C13H26O4.C6H12O/c1-16-17(2)19(14-25-15-20(24)23(7,8)9)27-21(18(16)3)26-13-11-10-12-22(4,5)6;1-15-16(2)19(23-22(7,8)9)20(27-18(15)14-26-17(3)24)25-13-11-10-12-21(4,5)6;1-13-14(2)17(18(23)21(7,8)9)25-19(15(13)3)24-12-10-11-16(22)20(4,5)6;1-14-15(2)17(18(22)21(7,8)9)24-19(16(14)3)23-13-11-10-12-20(4,5)6;1-14(2,3)11-7-8-12-15-13-9-5-4-6-10-13;1-10(14)17-11(8-15-12(2,3)4)9-16-13(5,6)7;1-5(7)6(2,3)4/h16-19,21H,10-15H2,1-9H3;15-16,18-20,23H,10-14H2,1-9H3;13-15,17,19H,10-12H2,1-9H3;14-17,19H,10-13H2,1-9H3;4-6,9-10H,7-8,11-12H2,1-3H3;11H,8-9H2,1-7H3;1-4H3/t16-,17?,18?,19?,21+;15?,16-,18?,19?,20+;13-,14?,15?,17?,19+;14-,15?,16?,17?,19+;;;/m0000.../s1. The molecule has 4 aliphatic rings. The maximum absolute atomic E-state index is 12.7. The second-order valence-electron chi connectivity index (χ2n) is 54.9. The molecule has 836 valence electrons. The lowest BCUT2D eigenvalue weighted by Crippen LogP contribution is -2.61. The molecule has 22 nitrogen and oxygen atoms in total. The average molecular weight is 2020 g/mol. The number of hydrogen-bond acceptors (Lipinski definition) is 22. The number of Topliss-reactive ketones (excluding diaryl/α,β-unsaturated/α-hetero) is 5. The first-order valence-corrected chi connectivity index (χ1v) is 54.6. The van der Waals surface area contributed by atoms with Crippen molar-refractivity contribution in [2.45, 2.75) is 515 Å². The largest absolute Gasteiger partial charge is 0.494 e. The maximum atomic E-state index is 12.7. The number of nitrogens with one attached hydrogen (secondary N) is 1. The smallest absolute Gasteiger partial charge is 0.303 e. The fraction of sp³-hybridized carbons (Fsp3) is 0.892. The zero-order valence-corrected chi connectivity index (χ0v) is 101. The summed E-state index contributed by atoms with van der Waals surface area (Å²) in [6.07, 6.45) is 12.7. The molecule has 4 heterocycles. The molecular weight excluding hydrogens is 1790 g/mol. The molecule has 142 heavy (non-hydrogen) atoms. The van der Waals surface area contributed by atoms with Gasteiger partial charge in [-0.1, -0.05) is 301 Å². The lowest BCUT2D eigenvalue weighted by molar-refractivity contribution is -0.256. The number of ketones is 5. The van der Waals surface area contributed by atoms with Gasteiger partial charge in [-0.15, -0.1) is 0 Å². The van der Waals surface area contributed by atoms with Crippen molar-refractivity contribution in [1.82, 2.24) is 5.32 Å². The van der Waals surface area contributed by atoms with Gasteiger partial charge >= 0.3 is 11.9 Å². The Hall–Kier alpha value is -4.17. The van der Waals surface area contributed by atoms with Crippen LogP contribution in [0.25, 0.3) is 0 Å². The second-order valence-corrected chi connectivity index (χ2v) is 54.9. The molecule has 0 radical (unpaired) electrons. The Morgan fingerprint density at radius 1 is 0.338 bits per heavy atom. The van der Waals surface area contributed by atoms with Gasteiger partial charge in [-0.25, -0.2) is 0 Å². The first-order chi connectivity index (χ1) is 64.2. The normalized spacial score (nSPS) is 25.5. The number of carbonyl (C=O) groups is 7. The highest BCUT2D eigenvalue weighted by Crippen LogP contribution is 2.43. The summed E-state index contributed by atoms with van der Waals surface area (Å²) < 4.78 is 81.9. The SMILES string of the molecule is CC(=O)C(C)(C)C.CC(=O)OC(COC(C)(C)C)COC(C)(C)C.CC(=O)OCC1O[C@@H](OCCCCC(C)(C)C)C(NC(C)(C)C)[C@@H](C)C1C.CC(C)(C)CCCCOc1ccccc1.CC1C(C(=O)C(C)(C)C)O[C@@H](OCCCC(=O)C(C)(C)C)C(C)[C@H]1C.CC1C(C(=O)C(C)(C)C)O[C@@H](OCCCCC(C)(C)C)C(C)[C@H]1C.CC1C(COCC(=O)C(C)(C)C)O[C@@H](OCCCCC(C)(C)C)C(C)[C@H]1C. The average Bonchev–Trinajstić information content (AvgIpc) is 0.795. The minimum Gasteiger partial charge on any atom is -0.494 e. The van der Waals surface area contributed by atoms with Crippen molar-refractivity contribution < 1.29 is 99.9 Å². The number of hydrogen-bond donors (Lipinski definition) is 1. The van der Waals surface area contributed by atoms with Gasteiger partial charge in [0.15, 0.2) is 42.5 Å². The van der Waals surface area contributed by atoms with Crippen LogP contribution in [0.1, 0.15) is 436 Å². The Bertz CT molecular complexity index is 3600. The highest BCUT2D eigenvalue weighted by molar-refractivity contribution is 5.89. The number of esters is 2. The van der Waals surface area contributed by atoms with E-state index in [0.717, 1.165) is 51.1 Å². The van der Waals surface area contributed by atoms with Crippen LogP contribution >= 0.6 is 0 Å². The van der Waals surface area contributed by atoms with Crippen LogP contribution in [0.2, 0.25) is 0 Å². The first-order valence-electron chi connectivity index (χ1n) is 54.6. The minimum atomic E-state index is -0.428. The number of carbonyl (C=O) groups excluding carboxylic acids is 7. The molecule has 0 aliphatic carbocycles. The van der Waals surface area contributed by atoms with E-state index in [1.807, 2.05) is 176 Å². The Morgan fingerprint density at radius 2 is 0.662 bits per heavy atom. The quantitative estimate of drug-likeness (QED) is 0.0474. The summed E-state index contributed by atoms with van der Waals surface area (Å²) >= 11 is 0. The number of rotatable bonds is 39. The Balaban J connectivity index is 0. The summed E-state index contributed by atoms with van der Waals surface area (Å²) in [5.74, 6) is 4.86. The third-order valence-corrected chi connectivity index (χ3v) is 27.3. The summed E-state index contributed by atoms with van der Waals surface area (Å²) in [7, 11) is 0. The van der Waals surface area contributed by atoms with Crippen LogP contribution < -0.4 is 10.1 Å². The molecule has 0 bridgehead atoms. The predicted molar refractivity (Wildman–Crippen MR) is 583 cm³/mol. The molecule has 1 aromatic rings. The molecule has 12 unspecified atom stereocenters. The van der Waals surface area contributed by atoms with Gasteiger partial charge in [0.25, 0.3) is 0 Å². The van der Waals surface area contributed by atoms with Gasteiger partial charge in [0.2, 0.25) is 0 Å². The van der Waals surface area contributed by atoms with E-state index in [4.69, 9.17) is 66.3 Å². The highest BCUT2D eigenvalue weighted by atomic mass is 16.7. The molecule has 4 fully saturated rings. The van der Waals surface area contributed by atoms with Crippen LogP contribution in [0.4, 0.5) is 0 Å². The van der Waals surface area contributed by atoms with Gasteiger partial charge in [-0.2, -0.15) is 0 Å². The van der Waals surface area contributed by atoms with Crippen molar-refractivity contribution in [2.24, 2.45) is 114 Å². The van der Waals surface area contributed by atoms with Crippen LogP contribution in [-0.4, -0.2) is 185 Å². The van der Waals surface area contributed by atoms with Crippen molar-refractivity contribution in [3.8, 4) is 5.75 Å². The summed E-state index contributed by atoms with van der Waals surface area (Å²) in [6.45, 7) is 108. The summed E-state index contributed by atoms with van der Waals surface area (Å²) in [4.78, 5) is 82.2. The lowest BCUT2D eigenvalue weighted by Gasteiger charge is -2.46. The lowest BCUT2D eigenvalue weighted by atomic mass is 9.74. The zero-order valence-electron chi connectivity index (χ0n) is 101. The molecule has 0 amide bonds. The van der Waals surface area contributed by atoms with E-state index in [9.17, 15) is 33.6 Å². The molecule has 20 atom stereocenters. The van der Waals surface area contributed by atoms with E-state index in [2.05, 4.69) is 185 Å². The summed E-state index contributed by atoms with van der Waals surface area (Å²) in [5, 5.41) is 3.68. The van der Waals surface area contributed by atoms with Gasteiger partial charge in [0.05, 0.1) is 62.5 Å². The van der Waals surface area contributed by atoms with E-state index in [1.54, 1.807) is 6.92 Å². The highest BCUT2D eigenvalue weighted by Gasteiger charge is 2.49. The van der Waals surface area contributed by atoms with E-state index >= 15 is 0 Å². The van der Waals surface area contributed by atoms with Crippen molar-refractivity contribution in [1.29, 1.82) is 0 Å². The van der Waals surface area contributed by atoms with Crippen molar-refractivity contribution in [3.63, 3.8) is 0 Å². The van der Waals surface area contributed by atoms with Gasteiger partial charge < -0.3 is 71.6 Å². The van der Waals surface area contributed by atoms with Crippen molar-refractivity contribution >= 4 is 40.9 Å². The zero-order chi connectivity index (χ0) is 111. The van der Waals surface area contributed by atoms with E-state index in [-0.39, 0.29) is 172 Å². The fourth-order valence-electron chi connectivity index (χ4n) is 15.7. The molecule has 4 saturated heterocycles. The van der Waals surface area contributed by atoms with Crippen LogP contribution in [0.5, 0.6) is 5.75 Å². The van der Waals surface area contributed by atoms with Gasteiger partial charge in [0.1, 0.15) is 48.8 Å². The third-order valence-electron chi connectivity index (χ3n) is 27.3. The molecule has 4 aliphatic heterocycles. The Kier molecular flexibility index (Phi) is 62.9. The van der Waals surface area contributed by atoms with E-state index in [1.165, 1.54) is 58.8 Å². The fourth-order valence-corrected chi connectivity index (χ4v) is 15.7. The minimum absolute atomic E-state index is 0.0245. The molecule has 1 N–H and O–H groups in total. The second kappa shape index (κ2) is 63.9. The number of ether oxygens (including phenoxy) is 14. The number of unbranched alkanes of at least 4 members (excludes halogenated alkanes) is 4. The first kappa shape index (κ1) is 140. The molecule has 0 spiro atoms. The number of benzene rings is 1. The van der Waals surface area contributed by atoms with Crippen LogP contribution in [0.3, 0.4) is 0 Å². The molecule has 0 aromatic heterocycles. The number of para-hydroxylation sites is 1. The Labute approximate surface area is 871 Å². The monoisotopic (exact) mass is 2020 g/mol. The van der Waals surface area contributed by atoms with Crippen LogP contribution in [0.15, 0.2) is 30.3 Å². The molecular formula is C120H225NO21. The molecule has 1 aromatic carbocycles. The predicted octanol–water partition coefficient (Wildman–Crippen LogP) is 28.6. The van der Waals surface area contributed by atoms with Gasteiger partial charge in [-0.05, 0) is 215 Å².